The van der Waals surface area contributed by atoms with Crippen molar-refractivity contribution in [2.45, 2.75) is 37.5 Å². The van der Waals surface area contributed by atoms with Crippen LogP contribution in [-0.4, -0.2) is 15.2 Å². The summed E-state index contributed by atoms with van der Waals surface area (Å²) in [6.45, 7) is 6.20. The highest BCUT2D eigenvalue weighted by atomic mass is 32.2. The van der Waals surface area contributed by atoms with Gasteiger partial charge in [-0.1, -0.05) is 13.8 Å². The minimum Gasteiger partial charge on any atom is -0.384 e. The van der Waals surface area contributed by atoms with E-state index in [-0.39, 0.29) is 0 Å². The van der Waals surface area contributed by atoms with Crippen molar-refractivity contribution in [2.24, 2.45) is 0 Å². The van der Waals surface area contributed by atoms with Crippen LogP contribution in [0.3, 0.4) is 0 Å². The lowest BCUT2D eigenvalue weighted by Crippen LogP contribution is -1.99. The number of anilines is 1. The SMILES string of the molecule is CCC(C)Sc1cc(N)nc(C)n1. The van der Waals surface area contributed by atoms with Crippen LogP contribution in [0.15, 0.2) is 11.1 Å². The number of hydrogen-bond donors (Lipinski definition) is 1. The van der Waals surface area contributed by atoms with E-state index in [1.54, 1.807) is 11.8 Å². The van der Waals surface area contributed by atoms with Gasteiger partial charge in [-0.05, 0) is 13.3 Å². The fraction of sp³-hybridized carbons (Fsp3) is 0.556. The fourth-order valence-corrected chi connectivity index (χ4v) is 1.86. The van der Waals surface area contributed by atoms with Crippen molar-refractivity contribution in [2.75, 3.05) is 5.73 Å². The zero-order valence-electron chi connectivity index (χ0n) is 8.24. The number of nitrogen functional groups attached to an aromatic ring is 1. The third-order valence-electron chi connectivity index (χ3n) is 1.73. The molecule has 13 heavy (non-hydrogen) atoms. The highest BCUT2D eigenvalue weighted by Crippen LogP contribution is 2.23. The topological polar surface area (TPSA) is 51.8 Å². The zero-order valence-corrected chi connectivity index (χ0v) is 9.06. The molecule has 0 saturated heterocycles. The lowest BCUT2D eigenvalue weighted by molar-refractivity contribution is 0.894. The van der Waals surface area contributed by atoms with Gasteiger partial charge in [0.25, 0.3) is 0 Å². The number of rotatable bonds is 3. The van der Waals surface area contributed by atoms with Crippen molar-refractivity contribution in [3.63, 3.8) is 0 Å². The van der Waals surface area contributed by atoms with Crippen molar-refractivity contribution in [1.82, 2.24) is 9.97 Å². The van der Waals surface area contributed by atoms with Gasteiger partial charge in [0, 0.05) is 11.3 Å². The summed E-state index contributed by atoms with van der Waals surface area (Å²) < 4.78 is 0. The van der Waals surface area contributed by atoms with Crippen LogP contribution >= 0.6 is 11.8 Å². The zero-order chi connectivity index (χ0) is 9.84. The molecule has 0 spiro atoms. The molecule has 0 aromatic carbocycles. The van der Waals surface area contributed by atoms with Crippen LogP contribution in [0.2, 0.25) is 0 Å². The lowest BCUT2D eigenvalue weighted by Gasteiger charge is -2.07. The van der Waals surface area contributed by atoms with E-state index in [1.807, 2.05) is 13.0 Å². The number of aromatic nitrogens is 2. The first-order chi connectivity index (χ1) is 6.11. The maximum absolute atomic E-state index is 5.61. The second kappa shape index (κ2) is 4.46. The largest absolute Gasteiger partial charge is 0.384 e. The number of nitrogens with zero attached hydrogens (tertiary/aromatic N) is 2. The normalized spacial score (nSPS) is 12.8. The Bertz CT molecular complexity index is 268. The third-order valence-corrected chi connectivity index (χ3v) is 2.92. The molecule has 0 aliphatic rings. The smallest absolute Gasteiger partial charge is 0.128 e. The van der Waals surface area contributed by atoms with Gasteiger partial charge in [-0.3, -0.25) is 0 Å². The molecule has 2 N–H and O–H groups in total. The van der Waals surface area contributed by atoms with Gasteiger partial charge in [0.2, 0.25) is 0 Å². The van der Waals surface area contributed by atoms with Gasteiger partial charge in [0.1, 0.15) is 16.7 Å². The Morgan fingerprint density at radius 3 is 2.77 bits per heavy atom. The van der Waals surface area contributed by atoms with Crippen LogP contribution in [0.5, 0.6) is 0 Å². The van der Waals surface area contributed by atoms with E-state index in [1.165, 1.54) is 0 Å². The van der Waals surface area contributed by atoms with Crippen LogP contribution < -0.4 is 5.73 Å². The Labute approximate surface area is 83.2 Å². The number of nitrogens with two attached hydrogens (primary N) is 1. The predicted octanol–water partition coefficient (Wildman–Crippen LogP) is 2.26. The molecule has 0 fully saturated rings. The molecule has 4 heteroatoms. The summed E-state index contributed by atoms with van der Waals surface area (Å²) >= 11 is 1.74. The Kier molecular flexibility index (Phi) is 3.54. The summed E-state index contributed by atoms with van der Waals surface area (Å²) in [5, 5.41) is 1.55. The van der Waals surface area contributed by atoms with Crippen molar-refractivity contribution >= 4 is 17.6 Å². The predicted molar refractivity (Wildman–Crippen MR) is 56.8 cm³/mol. The summed E-state index contributed by atoms with van der Waals surface area (Å²) in [5.74, 6) is 1.30. The number of thioether (sulfide) groups is 1. The van der Waals surface area contributed by atoms with Crippen LogP contribution in [0.25, 0.3) is 0 Å². The fourth-order valence-electron chi connectivity index (χ4n) is 0.912. The molecular weight excluding hydrogens is 182 g/mol. The van der Waals surface area contributed by atoms with Crippen molar-refractivity contribution in [1.29, 1.82) is 0 Å². The summed E-state index contributed by atoms with van der Waals surface area (Å²) in [6, 6.07) is 1.82. The molecule has 1 unspecified atom stereocenters. The maximum atomic E-state index is 5.61. The van der Waals surface area contributed by atoms with Crippen LogP contribution in [0, 0.1) is 6.92 Å². The summed E-state index contributed by atoms with van der Waals surface area (Å²) in [7, 11) is 0. The summed E-state index contributed by atoms with van der Waals surface area (Å²) in [6.07, 6.45) is 1.13. The Balaban J connectivity index is 2.77. The molecule has 1 heterocycles. The maximum Gasteiger partial charge on any atom is 0.128 e. The van der Waals surface area contributed by atoms with Gasteiger partial charge < -0.3 is 5.73 Å². The van der Waals surface area contributed by atoms with E-state index in [2.05, 4.69) is 23.8 Å². The number of aryl methyl sites for hydroxylation is 1. The highest BCUT2D eigenvalue weighted by molar-refractivity contribution is 7.99. The first-order valence-electron chi connectivity index (χ1n) is 4.39. The van der Waals surface area contributed by atoms with E-state index in [9.17, 15) is 0 Å². The molecule has 1 aromatic rings. The Hall–Kier alpha value is -0.770. The minimum atomic E-state index is 0.554. The van der Waals surface area contributed by atoms with E-state index in [4.69, 9.17) is 5.73 Å². The third kappa shape index (κ3) is 3.22. The highest BCUT2D eigenvalue weighted by Gasteiger charge is 2.04. The van der Waals surface area contributed by atoms with Gasteiger partial charge in [-0.15, -0.1) is 11.8 Å². The standard InChI is InChI=1S/C9H15N3S/c1-4-6(2)13-9-5-8(10)11-7(3)12-9/h5-6H,4H2,1-3H3,(H2,10,11,12). The van der Waals surface area contributed by atoms with Crippen molar-refractivity contribution in [3.8, 4) is 0 Å². The van der Waals surface area contributed by atoms with Gasteiger partial charge in [-0.25, -0.2) is 9.97 Å². The first kappa shape index (κ1) is 10.3. The molecule has 1 aromatic heterocycles. The molecule has 72 valence electrons. The van der Waals surface area contributed by atoms with E-state index in [0.29, 0.717) is 11.1 Å². The second-order valence-electron chi connectivity index (χ2n) is 3.01. The average molecular weight is 197 g/mol. The molecule has 0 aliphatic heterocycles. The van der Waals surface area contributed by atoms with E-state index in [0.717, 1.165) is 17.3 Å². The molecule has 1 rings (SSSR count). The molecule has 3 nitrogen and oxygen atoms in total. The van der Waals surface area contributed by atoms with E-state index >= 15 is 0 Å². The van der Waals surface area contributed by atoms with Gasteiger partial charge in [0.05, 0.1) is 0 Å². The molecule has 0 saturated carbocycles. The van der Waals surface area contributed by atoms with E-state index < -0.39 is 0 Å². The average Bonchev–Trinajstić information content (AvgIpc) is 2.02. The lowest BCUT2D eigenvalue weighted by atomic mass is 10.4. The van der Waals surface area contributed by atoms with Crippen molar-refractivity contribution in [3.05, 3.63) is 11.9 Å². The first-order valence-corrected chi connectivity index (χ1v) is 5.27. The van der Waals surface area contributed by atoms with Gasteiger partial charge >= 0.3 is 0 Å². The minimum absolute atomic E-state index is 0.554. The van der Waals surface area contributed by atoms with Crippen LogP contribution in [0.1, 0.15) is 26.1 Å². The molecule has 0 radical (unpaired) electrons. The molecular formula is C9H15N3S. The van der Waals surface area contributed by atoms with Crippen molar-refractivity contribution < 1.29 is 0 Å². The monoisotopic (exact) mass is 197 g/mol. The second-order valence-corrected chi connectivity index (χ2v) is 4.47. The molecule has 0 bridgehead atoms. The molecule has 1 atom stereocenters. The van der Waals surface area contributed by atoms with Gasteiger partial charge in [0.15, 0.2) is 0 Å². The summed E-state index contributed by atoms with van der Waals surface area (Å²) in [4.78, 5) is 8.31. The number of hydrogen-bond acceptors (Lipinski definition) is 4. The quantitative estimate of drug-likeness (QED) is 0.596. The molecule has 0 amide bonds. The Morgan fingerprint density at radius 1 is 1.54 bits per heavy atom. The molecule has 0 aliphatic carbocycles. The van der Waals surface area contributed by atoms with Crippen LogP contribution in [-0.2, 0) is 0 Å². The Morgan fingerprint density at radius 2 is 2.23 bits per heavy atom. The summed E-state index contributed by atoms with van der Waals surface area (Å²) in [5.41, 5.74) is 5.61. The van der Waals surface area contributed by atoms with Crippen LogP contribution in [0.4, 0.5) is 5.82 Å². The van der Waals surface area contributed by atoms with Gasteiger partial charge in [-0.2, -0.15) is 0 Å².